The van der Waals surface area contributed by atoms with Gasteiger partial charge in [-0.3, -0.25) is 0 Å². The summed E-state index contributed by atoms with van der Waals surface area (Å²) >= 11 is 6.48. The number of alkyl halides is 1. The van der Waals surface area contributed by atoms with Crippen molar-refractivity contribution in [1.82, 2.24) is 0 Å². The molecule has 0 aliphatic carbocycles. The van der Waals surface area contributed by atoms with Crippen molar-refractivity contribution < 1.29 is 0 Å². The van der Waals surface area contributed by atoms with Crippen molar-refractivity contribution in [3.05, 3.63) is 35.4 Å². The summed E-state index contributed by atoms with van der Waals surface area (Å²) in [6.45, 7) is 6.77. The number of halogens is 1. The minimum Gasteiger partial charge on any atom is -0.118 e. The second-order valence-corrected chi connectivity index (χ2v) is 6.17. The van der Waals surface area contributed by atoms with Gasteiger partial charge < -0.3 is 0 Å². The molecule has 0 heterocycles. The molecule has 0 amide bonds. The molecule has 1 aromatic rings. The topological polar surface area (TPSA) is 0 Å². The largest absolute Gasteiger partial charge is 0.118 e. The first kappa shape index (κ1) is 16.6. The molecule has 0 saturated carbocycles. The average Bonchev–Trinajstić information content (AvgIpc) is 2.46. The zero-order valence-corrected chi connectivity index (χ0v) is 13.5. The van der Waals surface area contributed by atoms with E-state index in [0.29, 0.717) is 5.92 Å². The van der Waals surface area contributed by atoms with Crippen LogP contribution in [0.2, 0.25) is 0 Å². The van der Waals surface area contributed by atoms with Gasteiger partial charge in [-0.2, -0.15) is 0 Å². The van der Waals surface area contributed by atoms with Crippen LogP contribution in [0, 0.1) is 0 Å². The summed E-state index contributed by atoms with van der Waals surface area (Å²) in [7, 11) is 0. The van der Waals surface area contributed by atoms with Crippen LogP contribution in [0.15, 0.2) is 24.3 Å². The van der Waals surface area contributed by atoms with Gasteiger partial charge in [0.05, 0.1) is 5.38 Å². The molecule has 19 heavy (non-hydrogen) atoms. The van der Waals surface area contributed by atoms with Gasteiger partial charge in [0.15, 0.2) is 0 Å². The Labute approximate surface area is 124 Å². The van der Waals surface area contributed by atoms with Crippen molar-refractivity contribution in [3.8, 4) is 0 Å². The van der Waals surface area contributed by atoms with Crippen LogP contribution >= 0.6 is 11.6 Å². The fourth-order valence-corrected chi connectivity index (χ4v) is 2.66. The lowest BCUT2D eigenvalue weighted by Gasteiger charge is -2.13. The second-order valence-electron chi connectivity index (χ2n) is 5.65. The quantitative estimate of drug-likeness (QED) is 0.343. The molecule has 0 aliphatic rings. The van der Waals surface area contributed by atoms with Crippen LogP contribution in [-0.2, 0) is 0 Å². The van der Waals surface area contributed by atoms with Crippen LogP contribution in [-0.4, -0.2) is 0 Å². The SMILES string of the molecule is CCCCCCCC(Cl)c1ccc(C(C)CC)cc1. The van der Waals surface area contributed by atoms with Gasteiger partial charge in [-0.05, 0) is 29.9 Å². The highest BCUT2D eigenvalue weighted by molar-refractivity contribution is 6.20. The van der Waals surface area contributed by atoms with Crippen LogP contribution in [0.1, 0.15) is 88.1 Å². The molecule has 0 bridgehead atoms. The summed E-state index contributed by atoms with van der Waals surface area (Å²) in [4.78, 5) is 0. The first-order chi connectivity index (χ1) is 9.19. The lowest BCUT2D eigenvalue weighted by Crippen LogP contribution is -1.94. The van der Waals surface area contributed by atoms with E-state index in [4.69, 9.17) is 11.6 Å². The molecule has 0 nitrogen and oxygen atoms in total. The molecule has 2 unspecified atom stereocenters. The van der Waals surface area contributed by atoms with E-state index in [9.17, 15) is 0 Å². The van der Waals surface area contributed by atoms with Gasteiger partial charge >= 0.3 is 0 Å². The minimum absolute atomic E-state index is 0.188. The number of rotatable bonds is 9. The normalized spacial score (nSPS) is 14.3. The maximum absolute atomic E-state index is 6.48. The van der Waals surface area contributed by atoms with Crippen LogP contribution in [0.3, 0.4) is 0 Å². The van der Waals surface area contributed by atoms with E-state index in [2.05, 4.69) is 45.0 Å². The molecule has 1 rings (SSSR count). The van der Waals surface area contributed by atoms with E-state index in [0.717, 1.165) is 6.42 Å². The molecule has 0 radical (unpaired) electrons. The van der Waals surface area contributed by atoms with Gasteiger partial charge in [0.1, 0.15) is 0 Å². The molecule has 0 N–H and O–H groups in total. The average molecular weight is 281 g/mol. The Balaban J connectivity index is 2.38. The summed E-state index contributed by atoms with van der Waals surface area (Å²) < 4.78 is 0. The van der Waals surface area contributed by atoms with Crippen molar-refractivity contribution in [2.24, 2.45) is 0 Å². The van der Waals surface area contributed by atoms with E-state index in [1.54, 1.807) is 0 Å². The summed E-state index contributed by atoms with van der Waals surface area (Å²) in [6, 6.07) is 8.92. The monoisotopic (exact) mass is 280 g/mol. The van der Waals surface area contributed by atoms with Crippen LogP contribution in [0.25, 0.3) is 0 Å². The van der Waals surface area contributed by atoms with Gasteiger partial charge in [-0.15, -0.1) is 11.6 Å². The Morgan fingerprint density at radius 3 is 2.05 bits per heavy atom. The highest BCUT2D eigenvalue weighted by atomic mass is 35.5. The van der Waals surface area contributed by atoms with Gasteiger partial charge in [0.25, 0.3) is 0 Å². The standard InChI is InChI=1S/C18H29Cl/c1-4-6-7-8-9-10-18(19)17-13-11-16(12-14-17)15(3)5-2/h11-15,18H,4-10H2,1-3H3. The Kier molecular flexibility index (Phi) is 8.21. The summed E-state index contributed by atoms with van der Waals surface area (Å²) in [5, 5.41) is 0.188. The first-order valence-corrected chi connectivity index (χ1v) is 8.36. The van der Waals surface area contributed by atoms with E-state index < -0.39 is 0 Å². The highest BCUT2D eigenvalue weighted by Crippen LogP contribution is 2.28. The van der Waals surface area contributed by atoms with Crippen LogP contribution in [0.5, 0.6) is 0 Å². The lowest BCUT2D eigenvalue weighted by atomic mass is 9.96. The van der Waals surface area contributed by atoms with Crippen molar-refractivity contribution >= 4 is 11.6 Å². The van der Waals surface area contributed by atoms with E-state index in [1.165, 1.54) is 49.7 Å². The molecule has 0 aromatic heterocycles. The molecule has 0 aliphatic heterocycles. The van der Waals surface area contributed by atoms with E-state index in [-0.39, 0.29) is 5.38 Å². The molecule has 0 spiro atoms. The van der Waals surface area contributed by atoms with Gasteiger partial charge in [-0.25, -0.2) is 0 Å². The minimum atomic E-state index is 0.188. The fraction of sp³-hybridized carbons (Fsp3) is 0.667. The van der Waals surface area contributed by atoms with Gasteiger partial charge in [0.2, 0.25) is 0 Å². The Morgan fingerprint density at radius 1 is 0.895 bits per heavy atom. The van der Waals surface area contributed by atoms with Crippen molar-refractivity contribution in [3.63, 3.8) is 0 Å². The van der Waals surface area contributed by atoms with Crippen LogP contribution in [0.4, 0.5) is 0 Å². The first-order valence-electron chi connectivity index (χ1n) is 7.92. The lowest BCUT2D eigenvalue weighted by molar-refractivity contribution is 0.601. The van der Waals surface area contributed by atoms with Crippen molar-refractivity contribution in [1.29, 1.82) is 0 Å². The Hall–Kier alpha value is -0.490. The fourth-order valence-electron chi connectivity index (χ4n) is 2.36. The second kappa shape index (κ2) is 9.42. The Morgan fingerprint density at radius 2 is 1.47 bits per heavy atom. The molecule has 1 heteroatoms. The van der Waals surface area contributed by atoms with E-state index >= 15 is 0 Å². The third-order valence-electron chi connectivity index (χ3n) is 4.04. The predicted octanol–water partition coefficient (Wildman–Crippen LogP) is 6.84. The van der Waals surface area contributed by atoms with Crippen molar-refractivity contribution in [2.45, 2.75) is 77.0 Å². The predicted molar refractivity (Wildman–Crippen MR) is 87.1 cm³/mol. The number of hydrogen-bond donors (Lipinski definition) is 0. The number of benzene rings is 1. The summed E-state index contributed by atoms with van der Waals surface area (Å²) in [6.07, 6.45) is 8.89. The van der Waals surface area contributed by atoms with Crippen LogP contribution < -0.4 is 0 Å². The summed E-state index contributed by atoms with van der Waals surface area (Å²) in [5.41, 5.74) is 2.71. The smallest absolute Gasteiger partial charge is 0.0585 e. The molecule has 108 valence electrons. The van der Waals surface area contributed by atoms with Crippen molar-refractivity contribution in [2.75, 3.05) is 0 Å². The third kappa shape index (κ3) is 5.99. The van der Waals surface area contributed by atoms with Gasteiger partial charge in [0, 0.05) is 0 Å². The zero-order valence-electron chi connectivity index (χ0n) is 12.8. The molecular weight excluding hydrogens is 252 g/mol. The Bertz CT molecular complexity index is 328. The maximum atomic E-state index is 6.48. The van der Waals surface area contributed by atoms with Gasteiger partial charge in [-0.1, -0.05) is 77.1 Å². The highest BCUT2D eigenvalue weighted by Gasteiger charge is 2.09. The molecule has 0 fully saturated rings. The third-order valence-corrected chi connectivity index (χ3v) is 4.51. The number of unbranched alkanes of at least 4 members (excludes halogenated alkanes) is 4. The zero-order chi connectivity index (χ0) is 14.1. The molecule has 1 aromatic carbocycles. The molecular formula is C18H29Cl. The number of hydrogen-bond acceptors (Lipinski definition) is 0. The molecule has 2 atom stereocenters. The summed E-state index contributed by atoms with van der Waals surface area (Å²) in [5.74, 6) is 0.650. The van der Waals surface area contributed by atoms with E-state index in [1.807, 2.05) is 0 Å². The molecule has 0 saturated heterocycles. The maximum Gasteiger partial charge on any atom is 0.0585 e.